The molecule has 0 radical (unpaired) electrons. The van der Waals surface area contributed by atoms with Crippen LogP contribution in [0.15, 0.2) is 0 Å². The summed E-state index contributed by atoms with van der Waals surface area (Å²) in [6, 6.07) is 0. The standard InChI is InChI=1S/C16H30O/c1-15(2)11-6-7-12-16(15,17)13-10-14-8-4-3-5-9-14/h14,17H,3-13H2,1-2H3. The molecule has 0 spiro atoms. The number of hydrogen-bond acceptors (Lipinski definition) is 1. The van der Waals surface area contributed by atoms with Crippen LogP contribution in [0.5, 0.6) is 0 Å². The minimum absolute atomic E-state index is 0.139. The van der Waals surface area contributed by atoms with Crippen molar-refractivity contribution in [2.45, 2.75) is 90.1 Å². The predicted octanol–water partition coefficient (Wildman–Crippen LogP) is 4.68. The highest BCUT2D eigenvalue weighted by Gasteiger charge is 2.44. The Morgan fingerprint density at radius 2 is 1.59 bits per heavy atom. The van der Waals surface area contributed by atoms with Crippen molar-refractivity contribution >= 4 is 0 Å². The van der Waals surface area contributed by atoms with E-state index < -0.39 is 0 Å². The van der Waals surface area contributed by atoms with E-state index in [4.69, 9.17) is 0 Å². The van der Waals surface area contributed by atoms with Gasteiger partial charge in [0.05, 0.1) is 5.60 Å². The van der Waals surface area contributed by atoms with Gasteiger partial charge in [-0.3, -0.25) is 0 Å². The molecular formula is C16H30O. The van der Waals surface area contributed by atoms with Crippen molar-refractivity contribution in [1.29, 1.82) is 0 Å². The minimum atomic E-state index is -0.372. The molecular weight excluding hydrogens is 208 g/mol. The van der Waals surface area contributed by atoms with Gasteiger partial charge >= 0.3 is 0 Å². The molecule has 2 saturated carbocycles. The summed E-state index contributed by atoms with van der Waals surface area (Å²) < 4.78 is 0. The van der Waals surface area contributed by atoms with Crippen LogP contribution in [0, 0.1) is 11.3 Å². The van der Waals surface area contributed by atoms with Crippen LogP contribution in [0.25, 0.3) is 0 Å². The summed E-state index contributed by atoms with van der Waals surface area (Å²) in [6.07, 6.45) is 14.2. The van der Waals surface area contributed by atoms with Crippen molar-refractivity contribution in [3.05, 3.63) is 0 Å². The van der Waals surface area contributed by atoms with Crippen LogP contribution in [-0.2, 0) is 0 Å². The van der Waals surface area contributed by atoms with Crippen molar-refractivity contribution in [3.63, 3.8) is 0 Å². The molecule has 2 rings (SSSR count). The van der Waals surface area contributed by atoms with Crippen molar-refractivity contribution in [3.8, 4) is 0 Å². The van der Waals surface area contributed by atoms with Gasteiger partial charge in [0.15, 0.2) is 0 Å². The molecule has 1 N–H and O–H groups in total. The summed E-state index contributed by atoms with van der Waals surface area (Å²) in [6.45, 7) is 4.54. The second kappa shape index (κ2) is 5.30. The molecule has 0 heterocycles. The van der Waals surface area contributed by atoms with E-state index in [1.165, 1.54) is 57.8 Å². The Hall–Kier alpha value is -0.0400. The lowest BCUT2D eigenvalue weighted by Crippen LogP contribution is -2.47. The normalized spacial score (nSPS) is 34.8. The van der Waals surface area contributed by atoms with Gasteiger partial charge in [-0.1, -0.05) is 58.8 Å². The molecule has 2 aliphatic rings. The monoisotopic (exact) mass is 238 g/mol. The van der Waals surface area contributed by atoms with Crippen LogP contribution >= 0.6 is 0 Å². The van der Waals surface area contributed by atoms with Gasteiger partial charge in [-0.25, -0.2) is 0 Å². The summed E-state index contributed by atoms with van der Waals surface area (Å²) in [4.78, 5) is 0. The molecule has 1 unspecified atom stereocenters. The molecule has 17 heavy (non-hydrogen) atoms. The van der Waals surface area contributed by atoms with Crippen LogP contribution in [0.1, 0.15) is 84.5 Å². The Morgan fingerprint density at radius 3 is 2.24 bits per heavy atom. The highest BCUT2D eigenvalue weighted by molar-refractivity contribution is 4.96. The molecule has 0 aliphatic heterocycles. The maximum atomic E-state index is 10.9. The zero-order valence-corrected chi connectivity index (χ0v) is 11.8. The summed E-state index contributed by atoms with van der Waals surface area (Å²) in [5.74, 6) is 0.908. The molecule has 0 saturated heterocycles. The van der Waals surface area contributed by atoms with Gasteiger partial charge in [0.2, 0.25) is 0 Å². The topological polar surface area (TPSA) is 20.2 Å². The van der Waals surface area contributed by atoms with Gasteiger partial charge in [-0.15, -0.1) is 0 Å². The molecule has 1 nitrogen and oxygen atoms in total. The van der Waals surface area contributed by atoms with Crippen molar-refractivity contribution in [2.24, 2.45) is 11.3 Å². The van der Waals surface area contributed by atoms with Crippen LogP contribution in [-0.4, -0.2) is 10.7 Å². The first kappa shape index (κ1) is 13.4. The fourth-order valence-electron chi connectivity index (χ4n) is 3.94. The highest BCUT2D eigenvalue weighted by atomic mass is 16.3. The summed E-state index contributed by atoms with van der Waals surface area (Å²) in [7, 11) is 0. The maximum Gasteiger partial charge on any atom is 0.0698 e. The molecule has 0 amide bonds. The van der Waals surface area contributed by atoms with Crippen LogP contribution in [0.2, 0.25) is 0 Å². The smallest absolute Gasteiger partial charge is 0.0698 e. The molecule has 2 aliphatic carbocycles. The SMILES string of the molecule is CC1(C)CCCCC1(O)CCC1CCCCC1. The summed E-state index contributed by atoms with van der Waals surface area (Å²) >= 11 is 0. The minimum Gasteiger partial charge on any atom is -0.389 e. The van der Waals surface area contributed by atoms with Gasteiger partial charge in [0.1, 0.15) is 0 Å². The van der Waals surface area contributed by atoms with E-state index in [0.717, 1.165) is 18.8 Å². The maximum absolute atomic E-state index is 10.9. The van der Waals surface area contributed by atoms with Gasteiger partial charge < -0.3 is 5.11 Å². The van der Waals surface area contributed by atoms with Gasteiger partial charge in [0, 0.05) is 0 Å². The van der Waals surface area contributed by atoms with E-state index in [9.17, 15) is 5.11 Å². The Bertz CT molecular complexity index is 240. The molecule has 0 aromatic heterocycles. The van der Waals surface area contributed by atoms with Crippen molar-refractivity contribution in [1.82, 2.24) is 0 Å². The molecule has 1 heteroatoms. The Kier molecular flexibility index (Phi) is 4.18. The third kappa shape index (κ3) is 3.05. The molecule has 100 valence electrons. The Balaban J connectivity index is 1.87. The fraction of sp³-hybridized carbons (Fsp3) is 1.00. The molecule has 1 atom stereocenters. The lowest BCUT2D eigenvalue weighted by Gasteiger charge is -2.47. The van der Waals surface area contributed by atoms with Gasteiger partial charge in [0.25, 0.3) is 0 Å². The lowest BCUT2D eigenvalue weighted by atomic mass is 9.63. The van der Waals surface area contributed by atoms with Crippen molar-refractivity contribution < 1.29 is 5.11 Å². The van der Waals surface area contributed by atoms with E-state index in [0.29, 0.717) is 0 Å². The summed E-state index contributed by atoms with van der Waals surface area (Å²) in [5.41, 5.74) is -0.234. The molecule has 2 fully saturated rings. The van der Waals surface area contributed by atoms with Gasteiger partial charge in [-0.2, -0.15) is 0 Å². The zero-order valence-electron chi connectivity index (χ0n) is 11.8. The highest BCUT2D eigenvalue weighted by Crippen LogP contribution is 2.47. The first-order valence-electron chi connectivity index (χ1n) is 7.76. The molecule has 0 aromatic carbocycles. The average Bonchev–Trinajstić information content (AvgIpc) is 2.32. The number of aliphatic hydroxyl groups is 1. The Morgan fingerprint density at radius 1 is 0.941 bits per heavy atom. The summed E-state index contributed by atoms with van der Waals surface area (Å²) in [5, 5.41) is 10.9. The van der Waals surface area contributed by atoms with Gasteiger partial charge in [-0.05, 0) is 37.0 Å². The quantitative estimate of drug-likeness (QED) is 0.757. The van der Waals surface area contributed by atoms with E-state index >= 15 is 0 Å². The van der Waals surface area contributed by atoms with E-state index in [-0.39, 0.29) is 11.0 Å². The first-order chi connectivity index (χ1) is 8.04. The number of rotatable bonds is 3. The molecule has 0 aromatic rings. The second-order valence-electron chi connectivity index (χ2n) is 7.17. The Labute approximate surface area is 107 Å². The van der Waals surface area contributed by atoms with Crippen molar-refractivity contribution in [2.75, 3.05) is 0 Å². The predicted molar refractivity (Wildman–Crippen MR) is 73.0 cm³/mol. The zero-order chi connectivity index (χ0) is 12.4. The van der Waals surface area contributed by atoms with Crippen LogP contribution in [0.4, 0.5) is 0 Å². The number of hydrogen-bond donors (Lipinski definition) is 1. The lowest BCUT2D eigenvalue weighted by molar-refractivity contribution is -0.106. The third-order valence-corrected chi connectivity index (χ3v) is 5.59. The largest absolute Gasteiger partial charge is 0.389 e. The van der Waals surface area contributed by atoms with Crippen LogP contribution in [0.3, 0.4) is 0 Å². The van der Waals surface area contributed by atoms with E-state index in [2.05, 4.69) is 13.8 Å². The fourth-order valence-corrected chi connectivity index (χ4v) is 3.94. The van der Waals surface area contributed by atoms with E-state index in [1.807, 2.05) is 0 Å². The second-order valence-corrected chi connectivity index (χ2v) is 7.17. The van der Waals surface area contributed by atoms with E-state index in [1.54, 1.807) is 0 Å². The average molecular weight is 238 g/mol. The third-order valence-electron chi connectivity index (χ3n) is 5.59. The molecule has 0 bridgehead atoms. The first-order valence-corrected chi connectivity index (χ1v) is 7.76. The van der Waals surface area contributed by atoms with Crippen LogP contribution < -0.4 is 0 Å².